The fourth-order valence-electron chi connectivity index (χ4n) is 1.83. The van der Waals surface area contributed by atoms with Crippen LogP contribution in [0, 0.1) is 0 Å². The lowest BCUT2D eigenvalue weighted by Gasteiger charge is -2.13. The summed E-state index contributed by atoms with van der Waals surface area (Å²) in [6, 6.07) is 7.74. The highest BCUT2D eigenvalue weighted by Crippen LogP contribution is 2.05. The Hall–Kier alpha value is -2.49. The van der Waals surface area contributed by atoms with Crippen LogP contribution in [-0.4, -0.2) is 63.1 Å². The van der Waals surface area contributed by atoms with Gasteiger partial charge in [-0.1, -0.05) is 30.3 Å². The molecular formula is C17H26N2O7. The van der Waals surface area contributed by atoms with E-state index in [1.807, 2.05) is 30.3 Å². The Kier molecular flexibility index (Phi) is 11.6. The van der Waals surface area contributed by atoms with Crippen molar-refractivity contribution in [3.63, 3.8) is 0 Å². The first-order valence-electron chi connectivity index (χ1n) is 8.03. The van der Waals surface area contributed by atoms with Gasteiger partial charge in [0.2, 0.25) is 0 Å². The molecule has 0 amide bonds. The van der Waals surface area contributed by atoms with Gasteiger partial charge in [-0.2, -0.15) is 0 Å². The van der Waals surface area contributed by atoms with Crippen molar-refractivity contribution in [3.05, 3.63) is 35.9 Å². The fraction of sp³-hybridized carbons (Fsp3) is 0.471. The van der Waals surface area contributed by atoms with Crippen molar-refractivity contribution in [2.45, 2.75) is 44.4 Å². The van der Waals surface area contributed by atoms with E-state index in [9.17, 15) is 14.4 Å². The highest BCUT2D eigenvalue weighted by Gasteiger charge is 2.17. The van der Waals surface area contributed by atoms with E-state index in [0.29, 0.717) is 12.8 Å². The van der Waals surface area contributed by atoms with E-state index in [4.69, 9.17) is 26.2 Å². The molecule has 0 radical (unpaired) electrons. The molecule has 0 heterocycles. The van der Waals surface area contributed by atoms with Gasteiger partial charge in [0.25, 0.3) is 0 Å². The molecule has 9 heteroatoms. The molecule has 0 aliphatic rings. The van der Waals surface area contributed by atoms with Gasteiger partial charge in [-0.3, -0.25) is 14.4 Å². The van der Waals surface area contributed by atoms with Crippen LogP contribution < -0.4 is 11.1 Å². The van der Waals surface area contributed by atoms with Gasteiger partial charge in [-0.15, -0.1) is 0 Å². The summed E-state index contributed by atoms with van der Waals surface area (Å²) >= 11 is 0. The van der Waals surface area contributed by atoms with Crippen LogP contribution >= 0.6 is 0 Å². The molecule has 3 atom stereocenters. The number of carboxylic acid groups (broad SMARTS) is 3. The lowest BCUT2D eigenvalue weighted by molar-refractivity contribution is -0.141. The van der Waals surface area contributed by atoms with Gasteiger partial charge in [0.05, 0.1) is 12.5 Å². The third kappa shape index (κ3) is 11.1. The van der Waals surface area contributed by atoms with Crippen molar-refractivity contribution in [2.24, 2.45) is 5.73 Å². The quantitative estimate of drug-likeness (QED) is 0.329. The number of aliphatic hydroxyl groups is 1. The van der Waals surface area contributed by atoms with E-state index < -0.39 is 36.1 Å². The average Bonchev–Trinajstić information content (AvgIpc) is 2.57. The van der Waals surface area contributed by atoms with Crippen molar-refractivity contribution in [3.8, 4) is 0 Å². The van der Waals surface area contributed by atoms with Crippen LogP contribution in [0.1, 0.15) is 25.3 Å². The smallest absolute Gasteiger partial charge is 0.323 e. The van der Waals surface area contributed by atoms with E-state index in [-0.39, 0.29) is 13.0 Å². The zero-order valence-corrected chi connectivity index (χ0v) is 14.5. The summed E-state index contributed by atoms with van der Waals surface area (Å²) in [5.41, 5.74) is 5.98. The molecule has 0 aromatic heterocycles. The number of aliphatic carboxylic acids is 3. The van der Waals surface area contributed by atoms with Gasteiger partial charge in [-0.05, 0) is 25.3 Å². The Balaban J connectivity index is 0.000000660. The Morgan fingerprint density at radius 3 is 2.04 bits per heavy atom. The van der Waals surface area contributed by atoms with Crippen LogP contribution in [0.3, 0.4) is 0 Å². The van der Waals surface area contributed by atoms with Crippen molar-refractivity contribution in [2.75, 3.05) is 6.54 Å². The lowest BCUT2D eigenvalue weighted by Crippen LogP contribution is -2.39. The number of carboxylic acids is 3. The van der Waals surface area contributed by atoms with E-state index in [0.717, 1.165) is 5.56 Å². The van der Waals surface area contributed by atoms with Crippen LogP contribution in [0.15, 0.2) is 30.3 Å². The fourth-order valence-corrected chi connectivity index (χ4v) is 1.83. The second-order valence-corrected chi connectivity index (χ2v) is 5.62. The second kappa shape index (κ2) is 12.8. The molecule has 0 fully saturated rings. The predicted octanol–water partition coefficient (Wildman–Crippen LogP) is -0.0842. The molecule has 0 bridgehead atoms. The molecule has 1 aromatic rings. The van der Waals surface area contributed by atoms with Crippen molar-refractivity contribution < 1.29 is 34.8 Å². The Morgan fingerprint density at radius 2 is 1.65 bits per heavy atom. The topological polar surface area (TPSA) is 170 Å². The Labute approximate surface area is 151 Å². The maximum atomic E-state index is 11.0. The second-order valence-electron chi connectivity index (χ2n) is 5.62. The molecule has 0 spiro atoms. The molecular weight excluding hydrogens is 344 g/mol. The molecule has 26 heavy (non-hydrogen) atoms. The first-order valence-corrected chi connectivity index (χ1v) is 8.03. The van der Waals surface area contributed by atoms with Gasteiger partial charge in [-0.25, -0.2) is 0 Å². The van der Waals surface area contributed by atoms with Crippen molar-refractivity contribution in [1.82, 2.24) is 5.32 Å². The normalized spacial score (nSPS) is 13.7. The molecule has 0 saturated heterocycles. The molecule has 7 N–H and O–H groups in total. The summed E-state index contributed by atoms with van der Waals surface area (Å²) < 4.78 is 0. The maximum Gasteiger partial charge on any atom is 0.323 e. The van der Waals surface area contributed by atoms with Crippen molar-refractivity contribution >= 4 is 17.9 Å². The van der Waals surface area contributed by atoms with Crippen LogP contribution in [0.5, 0.6) is 0 Å². The van der Waals surface area contributed by atoms with Crippen LogP contribution in [0.25, 0.3) is 0 Å². The van der Waals surface area contributed by atoms with E-state index in [2.05, 4.69) is 5.32 Å². The minimum Gasteiger partial charge on any atom is -0.481 e. The van der Waals surface area contributed by atoms with Gasteiger partial charge >= 0.3 is 17.9 Å². The van der Waals surface area contributed by atoms with E-state index in [1.165, 1.54) is 6.92 Å². The van der Waals surface area contributed by atoms with Gasteiger partial charge in [0, 0.05) is 6.54 Å². The average molecular weight is 370 g/mol. The summed E-state index contributed by atoms with van der Waals surface area (Å²) in [7, 11) is 0. The predicted molar refractivity (Wildman–Crippen MR) is 93.7 cm³/mol. The molecule has 0 unspecified atom stereocenters. The lowest BCUT2D eigenvalue weighted by atomic mass is 10.1. The standard InChI is InChI=1S/C13H17NO4.C4H9NO3/c15-12(16)8-9-14-11(13(17)18)7-6-10-4-2-1-3-5-10;1-2(6)3(5)4(7)8/h1-5,11,14H,6-9H2,(H,15,16)(H,17,18);2-3,6H,5H2,1H3,(H,7,8)/t11-;2-,3+/m11/s1. The molecule has 146 valence electrons. The van der Waals surface area contributed by atoms with Crippen LogP contribution in [0.4, 0.5) is 0 Å². The molecule has 9 nitrogen and oxygen atoms in total. The van der Waals surface area contributed by atoms with Crippen LogP contribution in [0.2, 0.25) is 0 Å². The minimum atomic E-state index is -1.18. The van der Waals surface area contributed by atoms with Crippen molar-refractivity contribution in [1.29, 1.82) is 0 Å². The monoisotopic (exact) mass is 370 g/mol. The number of carbonyl (C=O) groups is 3. The van der Waals surface area contributed by atoms with E-state index in [1.54, 1.807) is 0 Å². The highest BCUT2D eigenvalue weighted by atomic mass is 16.4. The van der Waals surface area contributed by atoms with Gasteiger partial charge in [0.15, 0.2) is 0 Å². The third-order valence-corrected chi connectivity index (χ3v) is 3.40. The van der Waals surface area contributed by atoms with E-state index >= 15 is 0 Å². The van der Waals surface area contributed by atoms with Crippen LogP contribution in [-0.2, 0) is 20.8 Å². The zero-order chi connectivity index (χ0) is 20.1. The number of aliphatic hydroxyl groups excluding tert-OH is 1. The Bertz CT molecular complexity index is 563. The molecule has 0 aliphatic carbocycles. The number of nitrogens with two attached hydrogens (primary N) is 1. The third-order valence-electron chi connectivity index (χ3n) is 3.40. The number of hydrogen-bond acceptors (Lipinski definition) is 6. The molecule has 0 saturated carbocycles. The van der Waals surface area contributed by atoms with Gasteiger partial charge < -0.3 is 31.5 Å². The zero-order valence-electron chi connectivity index (χ0n) is 14.5. The Morgan fingerprint density at radius 1 is 1.08 bits per heavy atom. The summed E-state index contributed by atoms with van der Waals surface area (Å²) in [6.45, 7) is 1.50. The number of nitrogens with one attached hydrogen (secondary N) is 1. The first-order chi connectivity index (χ1) is 12.1. The number of hydrogen-bond donors (Lipinski definition) is 6. The number of benzene rings is 1. The summed E-state index contributed by atoms with van der Waals surface area (Å²) in [6.07, 6.45) is 0.0406. The number of rotatable bonds is 10. The SMILES string of the molecule is C[C@@H](O)[C@H](N)C(=O)O.O=C(O)CCN[C@H](CCc1ccccc1)C(=O)O. The largest absolute Gasteiger partial charge is 0.481 e. The first kappa shape index (κ1) is 23.5. The minimum absolute atomic E-state index is 0.0743. The summed E-state index contributed by atoms with van der Waals surface area (Å²) in [5, 5.41) is 36.8. The highest BCUT2D eigenvalue weighted by molar-refractivity contribution is 5.74. The summed E-state index contributed by atoms with van der Waals surface area (Å²) in [5.74, 6) is -3.06. The maximum absolute atomic E-state index is 11.0. The van der Waals surface area contributed by atoms with Gasteiger partial charge in [0.1, 0.15) is 12.1 Å². The molecule has 0 aliphatic heterocycles. The molecule has 1 rings (SSSR count). The number of aryl methyl sites for hydroxylation is 1. The molecule has 1 aromatic carbocycles. The summed E-state index contributed by atoms with van der Waals surface area (Å²) in [4.78, 5) is 31.2.